The molecule has 0 atom stereocenters. The molecule has 0 saturated carbocycles. The predicted octanol–water partition coefficient (Wildman–Crippen LogP) is 26.7. The van der Waals surface area contributed by atoms with Gasteiger partial charge in [0.15, 0.2) is 22.8 Å². The second-order valence-corrected chi connectivity index (χ2v) is 32.0. The summed E-state index contributed by atoms with van der Waals surface area (Å²) in [5.41, 5.74) is 39.6. The third-order valence-corrected chi connectivity index (χ3v) is 24.0. The van der Waals surface area contributed by atoms with Crippen molar-refractivity contribution in [1.82, 2.24) is 0 Å². The molecule has 4 heterocycles. The maximum absolute atomic E-state index is 2.40. The number of benzene rings is 12. The number of nitrogens with zero attached hydrogens (tertiary/aromatic N) is 4. The second-order valence-electron chi connectivity index (χ2n) is 32.0. The van der Waals surface area contributed by atoms with Gasteiger partial charge in [0.2, 0.25) is 22.8 Å². The van der Waals surface area contributed by atoms with Crippen molar-refractivity contribution in [2.75, 3.05) is 0 Å². The lowest BCUT2D eigenvalue weighted by Gasteiger charge is -2.16. The summed E-state index contributed by atoms with van der Waals surface area (Å²) >= 11 is 0. The highest BCUT2D eigenvalue weighted by Crippen LogP contribution is 2.40. The number of aromatic nitrogens is 4. The van der Waals surface area contributed by atoms with E-state index in [9.17, 15) is 0 Å². The van der Waals surface area contributed by atoms with Gasteiger partial charge in [-0.3, -0.25) is 0 Å². The number of aryl methyl sites for hydroxylation is 10. The van der Waals surface area contributed by atoms with Gasteiger partial charge in [-0.15, -0.1) is 0 Å². The van der Waals surface area contributed by atoms with E-state index in [4.69, 9.17) is 0 Å². The van der Waals surface area contributed by atoms with E-state index in [-0.39, 0.29) is 0 Å². The van der Waals surface area contributed by atoms with Crippen molar-refractivity contribution in [3.05, 3.63) is 357 Å². The molecule has 0 bridgehead atoms. The van der Waals surface area contributed by atoms with Gasteiger partial charge in [0, 0.05) is 63.1 Å². The first kappa shape index (κ1) is 79.4. The van der Waals surface area contributed by atoms with Gasteiger partial charge in [0.05, 0.1) is 32.7 Å². The van der Waals surface area contributed by atoms with Crippen LogP contribution in [0.3, 0.4) is 0 Å². The molecular formula is C109H114N4+4. The summed E-state index contributed by atoms with van der Waals surface area (Å²) < 4.78 is 9.35. The Labute approximate surface area is 674 Å². The molecule has 0 aliphatic carbocycles. The van der Waals surface area contributed by atoms with Crippen LogP contribution in [0.1, 0.15) is 139 Å². The van der Waals surface area contributed by atoms with Crippen LogP contribution in [0.25, 0.3) is 133 Å². The van der Waals surface area contributed by atoms with Gasteiger partial charge in [-0.05, 0) is 260 Å². The number of pyridine rings is 4. The van der Waals surface area contributed by atoms with Gasteiger partial charge in [-0.1, -0.05) is 230 Å². The van der Waals surface area contributed by atoms with Crippen molar-refractivity contribution >= 4 is 43.1 Å². The van der Waals surface area contributed by atoms with Gasteiger partial charge >= 0.3 is 0 Å². The van der Waals surface area contributed by atoms with Crippen molar-refractivity contribution in [3.8, 4) is 89.5 Å². The third kappa shape index (κ3) is 16.8. The molecule has 16 aromatic rings. The summed E-state index contributed by atoms with van der Waals surface area (Å²) in [5, 5.41) is 10.4. The SMILES string of the molecule is CCc1cc(CC)c(C)c(-c2c3ccc(-c4ccccc4)cc3cc(C)[n+]2C)c1.CCc1ccc(C)c(-c2c3ccc(-c4ccccc4)cc3cc(C)[n+]2C)c1.Cc1cc(C(C)C)cc(-c2c3ccc(-c4ccccc4)cc3cc(C)[n+]2C)c1C.Cc1ccc(C(C)C)cc1-c1c2ccc(-c3ccccc3)cc2cc(C)[n+]1C. The zero-order valence-corrected chi connectivity index (χ0v) is 70.6. The average Bonchev–Trinajstić information content (AvgIpc) is 0.782. The fourth-order valence-electron chi connectivity index (χ4n) is 16.4. The zero-order valence-electron chi connectivity index (χ0n) is 70.6. The van der Waals surface area contributed by atoms with Crippen LogP contribution in [-0.2, 0) is 47.5 Å². The van der Waals surface area contributed by atoms with Crippen molar-refractivity contribution in [1.29, 1.82) is 0 Å². The molecule has 0 unspecified atom stereocenters. The van der Waals surface area contributed by atoms with E-state index in [1.54, 1.807) is 0 Å². The van der Waals surface area contributed by atoms with Crippen LogP contribution in [0.4, 0.5) is 0 Å². The summed E-state index contributed by atoms with van der Waals surface area (Å²) in [6, 6.07) is 102. The average molecular weight is 1480 g/mol. The van der Waals surface area contributed by atoms with Crippen molar-refractivity contribution in [3.63, 3.8) is 0 Å². The van der Waals surface area contributed by atoms with E-state index in [0.717, 1.165) is 19.3 Å². The maximum atomic E-state index is 2.40. The van der Waals surface area contributed by atoms with Gasteiger partial charge in [-0.2, -0.15) is 18.3 Å². The van der Waals surface area contributed by atoms with Crippen LogP contribution < -0.4 is 18.3 Å². The molecule has 12 aromatic carbocycles. The molecule has 0 fully saturated rings. The Morgan fingerprint density at radius 1 is 0.239 bits per heavy atom. The second kappa shape index (κ2) is 34.5. The van der Waals surface area contributed by atoms with E-state index in [2.05, 4.69) is 436 Å². The summed E-state index contributed by atoms with van der Waals surface area (Å²) in [4.78, 5) is 0. The zero-order chi connectivity index (χ0) is 80.1. The monoisotopic (exact) mass is 1480 g/mol. The minimum absolute atomic E-state index is 0.513. The standard InChI is InChI=1S/2C28H30N.C27H28N.C26H26N/c1-18(2)24-14-19(3)21(5)27(17-24)28-26-13-12-23(22-10-8-7-9-11-22)16-25(26)15-20(4)29(28)6;1-6-21-16-22(7-2)20(4)27(17-21)28-26-14-13-24(23-11-9-8-10-12-23)18-25(26)15-19(3)29(28)5;1-18(2)22-12-11-19(3)26(17-22)27-25-14-13-23(21-9-7-6-8-10-21)16-24(25)15-20(4)28(27)5;1-5-20-12-11-18(2)25(16-20)26-24-14-13-22(21-9-7-6-8-10-21)17-23(24)15-19(3)27(26)4/h7-18H,1-6H3;8-18H,6-7H2,1-5H3;6-18H,1-5H3;6-17H,5H2,1-4H3/q4*+1. The van der Waals surface area contributed by atoms with Crippen LogP contribution in [0.15, 0.2) is 279 Å². The molecule has 0 amide bonds. The first-order chi connectivity index (χ1) is 54.4. The lowest BCUT2D eigenvalue weighted by molar-refractivity contribution is -0.665. The summed E-state index contributed by atoms with van der Waals surface area (Å²) in [6.45, 7) is 35.8. The summed E-state index contributed by atoms with van der Waals surface area (Å²) in [5.74, 6) is 1.03. The molecule has 0 aliphatic rings. The first-order valence-corrected chi connectivity index (χ1v) is 40.8. The largest absolute Gasteiger partial charge is 0.220 e. The Kier molecular flexibility index (Phi) is 24.2. The Morgan fingerprint density at radius 2 is 0.549 bits per heavy atom. The summed E-state index contributed by atoms with van der Waals surface area (Å²) in [6.07, 6.45) is 3.18. The van der Waals surface area contributed by atoms with Gasteiger partial charge in [-0.25, -0.2) is 0 Å². The molecule has 0 N–H and O–H groups in total. The molecule has 113 heavy (non-hydrogen) atoms. The van der Waals surface area contributed by atoms with Crippen LogP contribution in [0.2, 0.25) is 0 Å². The number of rotatable bonds is 13. The maximum Gasteiger partial charge on any atom is 0.220 e. The molecule has 0 spiro atoms. The molecular weight excluding hydrogens is 1370 g/mol. The Hall–Kier alpha value is -11.7. The highest BCUT2D eigenvalue weighted by atomic mass is 15.0. The topological polar surface area (TPSA) is 15.5 Å². The van der Waals surface area contributed by atoms with Crippen molar-refractivity contribution in [2.24, 2.45) is 28.2 Å². The third-order valence-electron chi connectivity index (χ3n) is 24.0. The Bertz CT molecular complexity index is 6050. The Balaban J connectivity index is 0.000000132. The van der Waals surface area contributed by atoms with E-state index in [1.807, 2.05) is 0 Å². The lowest BCUT2D eigenvalue weighted by atomic mass is 9.90. The smallest absolute Gasteiger partial charge is 0.198 e. The fraction of sp³-hybridized carbons (Fsp3) is 0.229. The molecule has 566 valence electrons. The van der Waals surface area contributed by atoms with Crippen LogP contribution in [0, 0.1) is 62.3 Å². The number of hydrogen-bond acceptors (Lipinski definition) is 0. The quantitative estimate of drug-likeness (QED) is 0.102. The summed E-state index contributed by atoms with van der Waals surface area (Å²) in [7, 11) is 8.73. The number of hydrogen-bond donors (Lipinski definition) is 0. The first-order valence-electron chi connectivity index (χ1n) is 40.8. The predicted molar refractivity (Wildman–Crippen MR) is 483 cm³/mol. The van der Waals surface area contributed by atoms with E-state index < -0.39 is 0 Å². The number of fused-ring (bicyclic) bond motifs is 4. The molecule has 0 radical (unpaired) electrons. The highest BCUT2D eigenvalue weighted by Gasteiger charge is 2.27. The molecule has 16 rings (SSSR count). The fourth-order valence-corrected chi connectivity index (χ4v) is 16.4. The van der Waals surface area contributed by atoms with Crippen molar-refractivity contribution < 1.29 is 18.3 Å². The van der Waals surface area contributed by atoms with Crippen LogP contribution in [0.5, 0.6) is 0 Å². The van der Waals surface area contributed by atoms with Crippen LogP contribution in [-0.4, -0.2) is 0 Å². The van der Waals surface area contributed by atoms with Gasteiger partial charge in [0.25, 0.3) is 0 Å². The normalized spacial score (nSPS) is 11.3. The van der Waals surface area contributed by atoms with Crippen LogP contribution >= 0.6 is 0 Å². The molecule has 4 aromatic heterocycles. The molecule has 4 heteroatoms. The van der Waals surface area contributed by atoms with Gasteiger partial charge in [0.1, 0.15) is 28.2 Å². The minimum atomic E-state index is 0.513. The van der Waals surface area contributed by atoms with Crippen molar-refractivity contribution in [2.45, 2.75) is 142 Å². The molecule has 0 aliphatic heterocycles. The van der Waals surface area contributed by atoms with E-state index in [1.165, 1.54) is 211 Å². The Morgan fingerprint density at radius 3 is 0.885 bits per heavy atom. The van der Waals surface area contributed by atoms with E-state index >= 15 is 0 Å². The highest BCUT2D eigenvalue weighted by molar-refractivity contribution is 6.00. The van der Waals surface area contributed by atoms with E-state index in [0.29, 0.717) is 11.8 Å². The molecule has 0 saturated heterocycles. The van der Waals surface area contributed by atoms with Gasteiger partial charge < -0.3 is 0 Å². The molecule has 4 nitrogen and oxygen atoms in total. The minimum Gasteiger partial charge on any atom is -0.198 e. The lowest BCUT2D eigenvalue weighted by Crippen LogP contribution is -2.35.